The van der Waals surface area contributed by atoms with Gasteiger partial charge in [-0.25, -0.2) is 23.4 Å². The van der Waals surface area contributed by atoms with Crippen LogP contribution < -0.4 is 15.9 Å². The number of aromatic amines is 2. The Balaban J connectivity index is 1.36. The quantitative estimate of drug-likeness (QED) is 0.215. The molecule has 11 nitrogen and oxygen atoms in total. The van der Waals surface area contributed by atoms with Gasteiger partial charge in [-0.15, -0.1) is 0 Å². The highest BCUT2D eigenvalue weighted by Crippen LogP contribution is 2.46. The number of amides is 2. The largest absolute Gasteiger partial charge is 0.326 e. The highest BCUT2D eigenvalue weighted by molar-refractivity contribution is 7.88. The van der Waals surface area contributed by atoms with Gasteiger partial charge in [0.2, 0.25) is 10.0 Å². The van der Waals surface area contributed by atoms with Crippen LogP contribution in [0.4, 0.5) is 0 Å². The normalized spacial score (nSPS) is 22.1. The molecule has 13 heteroatoms. The van der Waals surface area contributed by atoms with Crippen LogP contribution in [-0.2, 0) is 26.3 Å². The summed E-state index contributed by atoms with van der Waals surface area (Å²) in [4.78, 5) is 52.8. The second-order valence-corrected chi connectivity index (χ2v) is 13.6. The lowest BCUT2D eigenvalue weighted by atomic mass is 9.76. The van der Waals surface area contributed by atoms with Crippen molar-refractivity contribution < 1.29 is 22.8 Å². The number of rotatable bonds is 8. The SMILES string of the molecule is CS(=O)(=O)N[C@H]1CCCC[C@@H]1N1C(=O)c2ccccc2[C@@H](C(=O)NOCc2ccc3[nH]c(=O)[nH]c3c2)[C@@H]1c1ccc(Cl)cc1. The highest BCUT2D eigenvalue weighted by atomic mass is 35.5. The van der Waals surface area contributed by atoms with E-state index in [1.807, 2.05) is 0 Å². The fourth-order valence-corrected chi connectivity index (χ4v) is 7.44. The molecule has 230 valence electrons. The smallest absolute Gasteiger partial charge is 0.323 e. The second-order valence-electron chi connectivity index (χ2n) is 11.3. The van der Waals surface area contributed by atoms with Crippen LogP contribution in [0.5, 0.6) is 0 Å². The van der Waals surface area contributed by atoms with Crippen molar-refractivity contribution in [1.82, 2.24) is 25.1 Å². The Kier molecular flexibility index (Phi) is 8.34. The van der Waals surface area contributed by atoms with E-state index < -0.39 is 40.0 Å². The van der Waals surface area contributed by atoms with Crippen LogP contribution in [0.3, 0.4) is 0 Å². The molecule has 4 atom stereocenters. The first-order valence-electron chi connectivity index (χ1n) is 14.4. The highest BCUT2D eigenvalue weighted by Gasteiger charge is 2.49. The fraction of sp³-hybridized carbons (Fsp3) is 0.323. The van der Waals surface area contributed by atoms with Crippen LogP contribution in [-0.4, -0.2) is 53.4 Å². The first-order valence-corrected chi connectivity index (χ1v) is 16.6. The molecule has 0 saturated heterocycles. The molecule has 1 aromatic heterocycles. The van der Waals surface area contributed by atoms with Crippen molar-refractivity contribution in [3.63, 3.8) is 0 Å². The van der Waals surface area contributed by atoms with Gasteiger partial charge in [-0.05, 0) is 59.9 Å². The summed E-state index contributed by atoms with van der Waals surface area (Å²) in [5.74, 6) is -1.62. The minimum atomic E-state index is -3.57. The molecule has 0 unspecified atom stereocenters. The average Bonchev–Trinajstić information content (AvgIpc) is 3.36. The van der Waals surface area contributed by atoms with E-state index in [1.165, 1.54) is 0 Å². The maximum atomic E-state index is 14.3. The second kappa shape index (κ2) is 12.2. The number of sulfonamides is 1. The van der Waals surface area contributed by atoms with Crippen molar-refractivity contribution in [3.8, 4) is 0 Å². The Morgan fingerprint density at radius 3 is 2.50 bits per heavy atom. The zero-order valence-corrected chi connectivity index (χ0v) is 25.5. The summed E-state index contributed by atoms with van der Waals surface area (Å²) in [7, 11) is -3.57. The number of nitrogens with one attached hydrogen (secondary N) is 4. The van der Waals surface area contributed by atoms with Gasteiger partial charge in [-0.3, -0.25) is 14.4 Å². The summed E-state index contributed by atoms with van der Waals surface area (Å²) in [6.45, 7) is 0.0283. The van der Waals surface area contributed by atoms with E-state index in [1.54, 1.807) is 71.6 Å². The van der Waals surface area contributed by atoms with Crippen molar-refractivity contribution in [3.05, 3.63) is 104 Å². The summed E-state index contributed by atoms with van der Waals surface area (Å²) in [6.07, 6.45) is 3.87. The Morgan fingerprint density at radius 1 is 1.00 bits per heavy atom. The monoisotopic (exact) mass is 637 g/mol. The number of carbonyl (C=O) groups excluding carboxylic acids is 2. The number of hydrogen-bond donors (Lipinski definition) is 4. The maximum Gasteiger partial charge on any atom is 0.323 e. The molecular formula is C31H32ClN5O6S. The third-order valence-corrected chi connectivity index (χ3v) is 9.30. The molecule has 2 aliphatic rings. The van der Waals surface area contributed by atoms with Gasteiger partial charge in [0, 0.05) is 22.7 Å². The number of halogens is 1. The number of hydroxylamine groups is 1. The predicted octanol–water partition coefficient (Wildman–Crippen LogP) is 3.90. The van der Waals surface area contributed by atoms with Gasteiger partial charge in [-0.1, -0.05) is 60.8 Å². The molecule has 1 aliphatic heterocycles. The first-order chi connectivity index (χ1) is 21.1. The van der Waals surface area contributed by atoms with Gasteiger partial charge >= 0.3 is 5.69 Å². The summed E-state index contributed by atoms with van der Waals surface area (Å²) in [6, 6.07) is 17.5. The molecule has 2 heterocycles. The van der Waals surface area contributed by atoms with Crippen molar-refractivity contribution >= 4 is 44.5 Å². The zero-order valence-electron chi connectivity index (χ0n) is 23.9. The van der Waals surface area contributed by atoms with Gasteiger partial charge in [0.15, 0.2) is 0 Å². The Hall–Kier alpha value is -3.97. The van der Waals surface area contributed by atoms with Gasteiger partial charge < -0.3 is 14.9 Å². The molecule has 0 bridgehead atoms. The minimum Gasteiger partial charge on any atom is -0.326 e. The molecule has 1 aliphatic carbocycles. The zero-order chi connectivity index (χ0) is 31.0. The third kappa shape index (κ3) is 6.16. The van der Waals surface area contributed by atoms with E-state index in [0.717, 1.165) is 24.7 Å². The van der Waals surface area contributed by atoms with E-state index in [0.29, 0.717) is 45.6 Å². The van der Waals surface area contributed by atoms with Gasteiger partial charge in [0.25, 0.3) is 11.8 Å². The van der Waals surface area contributed by atoms with Crippen LogP contribution in [0.1, 0.15) is 64.7 Å². The fourth-order valence-electron chi connectivity index (χ4n) is 6.49. The van der Waals surface area contributed by atoms with E-state index >= 15 is 0 Å². The molecule has 1 fully saturated rings. The van der Waals surface area contributed by atoms with Crippen LogP contribution >= 0.6 is 11.6 Å². The molecule has 3 aromatic carbocycles. The van der Waals surface area contributed by atoms with Crippen molar-refractivity contribution in [2.24, 2.45) is 0 Å². The van der Waals surface area contributed by atoms with Gasteiger partial charge in [-0.2, -0.15) is 0 Å². The number of hydrogen-bond acceptors (Lipinski definition) is 6. The van der Waals surface area contributed by atoms with Crippen molar-refractivity contribution in [2.45, 2.75) is 56.3 Å². The molecule has 1 saturated carbocycles. The summed E-state index contributed by atoms with van der Waals surface area (Å²) in [5.41, 5.74) is 5.88. The molecule has 4 N–H and O–H groups in total. The van der Waals surface area contributed by atoms with Crippen LogP contribution in [0.15, 0.2) is 71.5 Å². The number of benzene rings is 3. The Labute approximate surface area is 258 Å². The minimum absolute atomic E-state index is 0.0283. The van der Waals surface area contributed by atoms with Crippen molar-refractivity contribution in [1.29, 1.82) is 0 Å². The standard InChI is InChI=1S/C31H32ClN5O6S/c1-44(41,42)36-24-8-4-5-9-26(24)37-28(19-11-13-20(32)14-12-19)27(21-6-2-3-7-22(21)30(37)39)29(38)35-43-17-18-10-15-23-25(16-18)34-31(40)33-23/h2-3,6-7,10-16,24,26-28,36H,4-5,8-9,17H2,1H3,(H,35,38)(H2,33,34,40)/t24-,26-,27+,28-/m0/s1. The summed E-state index contributed by atoms with van der Waals surface area (Å²) >= 11 is 6.23. The van der Waals surface area contributed by atoms with Gasteiger partial charge in [0.05, 0.1) is 35.9 Å². The maximum absolute atomic E-state index is 14.3. The molecule has 0 spiro atoms. The number of nitrogens with zero attached hydrogens (tertiary/aromatic N) is 1. The Morgan fingerprint density at radius 2 is 1.73 bits per heavy atom. The third-order valence-electron chi connectivity index (χ3n) is 8.31. The number of H-pyrrole nitrogens is 2. The molecule has 6 rings (SSSR count). The van der Waals surface area contributed by atoms with E-state index in [-0.39, 0.29) is 18.2 Å². The van der Waals surface area contributed by atoms with Crippen LogP contribution in [0.2, 0.25) is 5.02 Å². The lowest BCUT2D eigenvalue weighted by Crippen LogP contribution is -2.59. The van der Waals surface area contributed by atoms with E-state index in [2.05, 4.69) is 20.2 Å². The lowest BCUT2D eigenvalue weighted by Gasteiger charge is -2.49. The molecular weight excluding hydrogens is 606 g/mol. The molecule has 2 amide bonds. The number of fused-ring (bicyclic) bond motifs is 2. The lowest BCUT2D eigenvalue weighted by molar-refractivity contribution is -0.138. The molecule has 0 radical (unpaired) electrons. The number of aromatic nitrogens is 2. The van der Waals surface area contributed by atoms with Crippen LogP contribution in [0.25, 0.3) is 11.0 Å². The molecule has 4 aromatic rings. The van der Waals surface area contributed by atoms with E-state index in [4.69, 9.17) is 16.4 Å². The topological polar surface area (TPSA) is 153 Å². The molecule has 44 heavy (non-hydrogen) atoms. The predicted molar refractivity (Wildman–Crippen MR) is 165 cm³/mol. The summed E-state index contributed by atoms with van der Waals surface area (Å²) < 4.78 is 27.4. The number of imidazole rings is 1. The first kappa shape index (κ1) is 30.1. The summed E-state index contributed by atoms with van der Waals surface area (Å²) in [5, 5.41) is 0.502. The average molecular weight is 638 g/mol. The van der Waals surface area contributed by atoms with Crippen molar-refractivity contribution in [2.75, 3.05) is 6.26 Å². The Bertz CT molecular complexity index is 1870. The van der Waals surface area contributed by atoms with Gasteiger partial charge in [0.1, 0.15) is 0 Å². The van der Waals surface area contributed by atoms with Crippen LogP contribution in [0, 0.1) is 0 Å². The number of carbonyl (C=O) groups is 2. The van der Waals surface area contributed by atoms with E-state index in [9.17, 15) is 22.8 Å².